The number of nitrogens with two attached hydrogens (primary N) is 1. The van der Waals surface area contributed by atoms with Crippen LogP contribution in [0.25, 0.3) is 0 Å². The van der Waals surface area contributed by atoms with Crippen molar-refractivity contribution in [3.63, 3.8) is 0 Å². The molecule has 106 valence electrons. The molecule has 2 aromatic rings. The van der Waals surface area contributed by atoms with E-state index in [2.05, 4.69) is 31.0 Å². The first-order chi connectivity index (χ1) is 9.58. The molecule has 0 bridgehead atoms. The highest BCUT2D eigenvalue weighted by Gasteiger charge is 2.06. The molecular formula is C17H22N2O. The molecule has 0 saturated heterocycles. The van der Waals surface area contributed by atoms with Crippen LogP contribution in [0.15, 0.2) is 36.5 Å². The Balaban J connectivity index is 2.10. The van der Waals surface area contributed by atoms with Gasteiger partial charge in [0.15, 0.2) is 0 Å². The molecule has 0 amide bonds. The monoisotopic (exact) mass is 270 g/mol. The Hall–Kier alpha value is -1.87. The third-order valence-electron chi connectivity index (χ3n) is 3.44. The lowest BCUT2D eigenvalue weighted by atomic mass is 10.00. The number of ether oxygens (including phenoxy) is 1. The van der Waals surface area contributed by atoms with Crippen molar-refractivity contribution in [3.05, 3.63) is 53.3 Å². The molecule has 1 unspecified atom stereocenters. The minimum atomic E-state index is 0.224. The van der Waals surface area contributed by atoms with E-state index in [1.807, 2.05) is 25.1 Å². The molecule has 20 heavy (non-hydrogen) atoms. The van der Waals surface area contributed by atoms with E-state index in [4.69, 9.17) is 10.5 Å². The average Bonchev–Trinajstić information content (AvgIpc) is 2.44. The van der Waals surface area contributed by atoms with Gasteiger partial charge in [0.25, 0.3) is 0 Å². The SMILES string of the molecule is CCC(N)Cc1ccc(Oc2ccc(C)nc2)cc1C. The van der Waals surface area contributed by atoms with E-state index >= 15 is 0 Å². The van der Waals surface area contributed by atoms with Crippen LogP contribution < -0.4 is 10.5 Å². The second-order valence-electron chi connectivity index (χ2n) is 5.20. The van der Waals surface area contributed by atoms with Gasteiger partial charge < -0.3 is 10.5 Å². The summed E-state index contributed by atoms with van der Waals surface area (Å²) in [7, 11) is 0. The molecule has 1 heterocycles. The van der Waals surface area contributed by atoms with Gasteiger partial charge in [0.05, 0.1) is 6.20 Å². The van der Waals surface area contributed by atoms with Crippen LogP contribution >= 0.6 is 0 Å². The van der Waals surface area contributed by atoms with Gasteiger partial charge in [-0.3, -0.25) is 4.98 Å². The predicted octanol–water partition coefficient (Wildman–Crippen LogP) is 3.77. The Labute approximate surface area is 120 Å². The molecule has 0 radical (unpaired) electrons. The van der Waals surface area contributed by atoms with Crippen molar-refractivity contribution >= 4 is 0 Å². The average molecular weight is 270 g/mol. The summed E-state index contributed by atoms with van der Waals surface area (Å²) in [6, 6.07) is 10.2. The normalized spacial score (nSPS) is 12.2. The smallest absolute Gasteiger partial charge is 0.145 e. The fourth-order valence-corrected chi connectivity index (χ4v) is 2.04. The van der Waals surface area contributed by atoms with E-state index in [0.717, 1.165) is 30.0 Å². The Kier molecular flexibility index (Phi) is 4.74. The van der Waals surface area contributed by atoms with Crippen LogP contribution in [0.2, 0.25) is 0 Å². The molecule has 0 aliphatic carbocycles. The number of rotatable bonds is 5. The van der Waals surface area contributed by atoms with Crippen LogP contribution in [0.3, 0.4) is 0 Å². The number of aromatic nitrogens is 1. The molecule has 3 nitrogen and oxygen atoms in total. The van der Waals surface area contributed by atoms with Crippen molar-refractivity contribution in [2.75, 3.05) is 0 Å². The van der Waals surface area contributed by atoms with Gasteiger partial charge in [-0.15, -0.1) is 0 Å². The van der Waals surface area contributed by atoms with E-state index in [0.29, 0.717) is 0 Å². The van der Waals surface area contributed by atoms with E-state index in [9.17, 15) is 0 Å². The summed E-state index contributed by atoms with van der Waals surface area (Å²) in [5, 5.41) is 0. The fourth-order valence-electron chi connectivity index (χ4n) is 2.04. The van der Waals surface area contributed by atoms with Crippen molar-refractivity contribution in [3.8, 4) is 11.5 Å². The number of benzene rings is 1. The molecule has 1 aromatic heterocycles. The van der Waals surface area contributed by atoms with Gasteiger partial charge in [-0.2, -0.15) is 0 Å². The van der Waals surface area contributed by atoms with Gasteiger partial charge >= 0.3 is 0 Å². The zero-order valence-corrected chi connectivity index (χ0v) is 12.4. The van der Waals surface area contributed by atoms with Crippen LogP contribution in [0.5, 0.6) is 11.5 Å². The molecule has 0 fully saturated rings. The highest BCUT2D eigenvalue weighted by molar-refractivity contribution is 5.37. The van der Waals surface area contributed by atoms with Gasteiger partial charge in [-0.25, -0.2) is 0 Å². The Morgan fingerprint density at radius 3 is 2.50 bits per heavy atom. The minimum absolute atomic E-state index is 0.224. The van der Waals surface area contributed by atoms with Gasteiger partial charge in [0.1, 0.15) is 11.5 Å². The summed E-state index contributed by atoms with van der Waals surface area (Å²) < 4.78 is 5.81. The standard InChI is InChI=1S/C17H22N2O/c1-4-15(18)10-14-6-8-16(9-12(14)2)20-17-7-5-13(3)19-11-17/h5-9,11,15H,4,10,18H2,1-3H3. The van der Waals surface area contributed by atoms with Gasteiger partial charge in [0.2, 0.25) is 0 Å². The van der Waals surface area contributed by atoms with Crippen LogP contribution in [-0.4, -0.2) is 11.0 Å². The molecule has 2 rings (SSSR count). The molecule has 0 aliphatic heterocycles. The molecular weight excluding hydrogens is 248 g/mol. The summed E-state index contributed by atoms with van der Waals surface area (Å²) in [5.41, 5.74) is 9.49. The lowest BCUT2D eigenvalue weighted by Gasteiger charge is -2.13. The number of hydrogen-bond donors (Lipinski definition) is 1. The van der Waals surface area contributed by atoms with E-state index in [-0.39, 0.29) is 6.04 Å². The van der Waals surface area contributed by atoms with Crippen LogP contribution in [0.4, 0.5) is 0 Å². The fraction of sp³-hybridized carbons (Fsp3) is 0.353. The second kappa shape index (κ2) is 6.53. The van der Waals surface area contributed by atoms with Crippen molar-refractivity contribution in [2.24, 2.45) is 5.73 Å². The largest absolute Gasteiger partial charge is 0.456 e. The summed E-state index contributed by atoms with van der Waals surface area (Å²) in [6.45, 7) is 6.17. The Morgan fingerprint density at radius 2 is 1.90 bits per heavy atom. The molecule has 0 saturated carbocycles. The van der Waals surface area contributed by atoms with Crippen molar-refractivity contribution in [2.45, 2.75) is 39.7 Å². The quantitative estimate of drug-likeness (QED) is 0.899. The molecule has 2 N–H and O–H groups in total. The summed E-state index contributed by atoms with van der Waals surface area (Å²) in [6.07, 6.45) is 3.65. The summed E-state index contributed by atoms with van der Waals surface area (Å²) in [5.74, 6) is 1.59. The van der Waals surface area contributed by atoms with Crippen LogP contribution in [-0.2, 0) is 6.42 Å². The first-order valence-electron chi connectivity index (χ1n) is 7.04. The molecule has 1 aromatic carbocycles. The van der Waals surface area contributed by atoms with E-state index < -0.39 is 0 Å². The zero-order chi connectivity index (χ0) is 14.5. The maximum absolute atomic E-state index is 6.01. The van der Waals surface area contributed by atoms with Crippen molar-refractivity contribution in [1.29, 1.82) is 0 Å². The molecule has 0 spiro atoms. The maximum Gasteiger partial charge on any atom is 0.145 e. The number of nitrogens with zero attached hydrogens (tertiary/aromatic N) is 1. The lowest BCUT2D eigenvalue weighted by Crippen LogP contribution is -2.21. The van der Waals surface area contributed by atoms with E-state index in [1.165, 1.54) is 11.1 Å². The van der Waals surface area contributed by atoms with Crippen LogP contribution in [0, 0.1) is 13.8 Å². The first-order valence-corrected chi connectivity index (χ1v) is 7.04. The lowest BCUT2D eigenvalue weighted by molar-refractivity contribution is 0.479. The Morgan fingerprint density at radius 1 is 1.15 bits per heavy atom. The summed E-state index contributed by atoms with van der Waals surface area (Å²) in [4.78, 5) is 4.22. The zero-order valence-electron chi connectivity index (χ0n) is 12.4. The Bertz CT molecular complexity index is 564. The number of pyridine rings is 1. The third-order valence-corrected chi connectivity index (χ3v) is 3.44. The van der Waals surface area contributed by atoms with Crippen molar-refractivity contribution < 1.29 is 4.74 Å². The van der Waals surface area contributed by atoms with Gasteiger partial charge in [-0.1, -0.05) is 13.0 Å². The van der Waals surface area contributed by atoms with E-state index in [1.54, 1.807) is 6.20 Å². The summed E-state index contributed by atoms with van der Waals surface area (Å²) >= 11 is 0. The molecule has 3 heteroatoms. The van der Waals surface area contributed by atoms with Gasteiger partial charge in [0, 0.05) is 11.7 Å². The number of aryl methyl sites for hydroxylation is 2. The first kappa shape index (κ1) is 14.5. The highest BCUT2D eigenvalue weighted by Crippen LogP contribution is 2.24. The third kappa shape index (κ3) is 3.81. The van der Waals surface area contributed by atoms with Crippen molar-refractivity contribution in [1.82, 2.24) is 4.98 Å². The number of hydrogen-bond acceptors (Lipinski definition) is 3. The maximum atomic E-state index is 6.01. The van der Waals surface area contributed by atoms with Crippen LogP contribution in [0.1, 0.15) is 30.2 Å². The topological polar surface area (TPSA) is 48.1 Å². The minimum Gasteiger partial charge on any atom is -0.456 e. The molecule has 0 aliphatic rings. The predicted molar refractivity (Wildman–Crippen MR) is 82.2 cm³/mol. The highest BCUT2D eigenvalue weighted by atomic mass is 16.5. The molecule has 1 atom stereocenters. The second-order valence-corrected chi connectivity index (χ2v) is 5.20. The van der Waals surface area contributed by atoms with Gasteiger partial charge in [-0.05, 0) is 62.1 Å².